The summed E-state index contributed by atoms with van der Waals surface area (Å²) in [6, 6.07) is 4.05. The maximum atomic E-state index is 13.6. The first kappa shape index (κ1) is 13.6. The number of hydrogen-bond acceptors (Lipinski definition) is 3. The molecule has 0 amide bonds. The van der Waals surface area contributed by atoms with Crippen LogP contribution in [0.5, 0.6) is 0 Å². The molecule has 2 aromatic rings. The molecule has 0 aliphatic carbocycles. The van der Waals surface area contributed by atoms with Gasteiger partial charge in [0.1, 0.15) is 12.4 Å². The van der Waals surface area contributed by atoms with Crippen LogP contribution < -0.4 is 0 Å². The second-order valence-electron chi connectivity index (χ2n) is 4.23. The number of aromatic nitrogens is 3. The van der Waals surface area contributed by atoms with Crippen molar-refractivity contribution in [2.24, 2.45) is 0 Å². The van der Waals surface area contributed by atoms with E-state index in [2.05, 4.69) is 10.2 Å². The van der Waals surface area contributed by atoms with Gasteiger partial charge in [0.25, 0.3) is 0 Å². The molecule has 0 fully saturated rings. The Hall–Kier alpha value is -1.82. The van der Waals surface area contributed by atoms with Crippen molar-refractivity contribution in [1.82, 2.24) is 14.8 Å². The van der Waals surface area contributed by atoms with Gasteiger partial charge in [0, 0.05) is 13.0 Å². The SMILES string of the molecule is CCCn1c(CO)nnc1Cc1cccc(F)c1F. The minimum atomic E-state index is -0.874. The summed E-state index contributed by atoms with van der Waals surface area (Å²) in [6.45, 7) is 2.39. The Bertz CT molecular complexity index is 569. The third-order valence-electron chi connectivity index (χ3n) is 2.87. The molecule has 1 N–H and O–H groups in total. The lowest BCUT2D eigenvalue weighted by atomic mass is 10.1. The summed E-state index contributed by atoms with van der Waals surface area (Å²) < 4.78 is 28.5. The summed E-state index contributed by atoms with van der Waals surface area (Å²) in [5.41, 5.74) is 0.231. The third-order valence-corrected chi connectivity index (χ3v) is 2.87. The summed E-state index contributed by atoms with van der Waals surface area (Å²) >= 11 is 0. The van der Waals surface area contributed by atoms with E-state index < -0.39 is 11.6 Å². The van der Waals surface area contributed by atoms with Gasteiger partial charge in [-0.2, -0.15) is 0 Å². The van der Waals surface area contributed by atoms with E-state index in [1.807, 2.05) is 6.92 Å². The molecule has 0 radical (unpaired) electrons. The van der Waals surface area contributed by atoms with Crippen LogP contribution in [0.15, 0.2) is 18.2 Å². The van der Waals surface area contributed by atoms with Gasteiger partial charge >= 0.3 is 0 Å². The van der Waals surface area contributed by atoms with Crippen LogP contribution in [-0.2, 0) is 19.6 Å². The fourth-order valence-electron chi connectivity index (χ4n) is 1.96. The molecular weight excluding hydrogens is 252 g/mol. The largest absolute Gasteiger partial charge is 0.388 e. The number of hydrogen-bond donors (Lipinski definition) is 1. The maximum absolute atomic E-state index is 13.6. The van der Waals surface area contributed by atoms with E-state index >= 15 is 0 Å². The lowest BCUT2D eigenvalue weighted by Crippen LogP contribution is -2.09. The van der Waals surface area contributed by atoms with Gasteiger partial charge in [-0.25, -0.2) is 8.78 Å². The van der Waals surface area contributed by atoms with Crippen molar-refractivity contribution >= 4 is 0 Å². The summed E-state index contributed by atoms with van der Waals surface area (Å²) in [5, 5.41) is 16.9. The first-order valence-electron chi connectivity index (χ1n) is 6.12. The lowest BCUT2D eigenvalue weighted by Gasteiger charge is -2.08. The smallest absolute Gasteiger partial charge is 0.162 e. The Balaban J connectivity index is 2.32. The second-order valence-corrected chi connectivity index (χ2v) is 4.23. The van der Waals surface area contributed by atoms with Crippen molar-refractivity contribution < 1.29 is 13.9 Å². The van der Waals surface area contributed by atoms with Crippen molar-refractivity contribution in [3.8, 4) is 0 Å². The van der Waals surface area contributed by atoms with E-state index in [1.54, 1.807) is 4.57 Å². The number of nitrogens with zero attached hydrogens (tertiary/aromatic N) is 3. The minimum Gasteiger partial charge on any atom is -0.388 e. The average molecular weight is 267 g/mol. The number of rotatable bonds is 5. The highest BCUT2D eigenvalue weighted by atomic mass is 19.2. The van der Waals surface area contributed by atoms with Crippen LogP contribution in [0.1, 0.15) is 30.6 Å². The van der Waals surface area contributed by atoms with Gasteiger partial charge in [-0.15, -0.1) is 10.2 Å². The summed E-state index contributed by atoms with van der Waals surface area (Å²) in [5.74, 6) is -0.774. The fourth-order valence-corrected chi connectivity index (χ4v) is 1.96. The van der Waals surface area contributed by atoms with Crippen LogP contribution in [-0.4, -0.2) is 19.9 Å². The molecule has 2 rings (SSSR count). The van der Waals surface area contributed by atoms with Gasteiger partial charge in [-0.05, 0) is 18.1 Å². The van der Waals surface area contributed by atoms with Crippen LogP contribution in [0, 0.1) is 11.6 Å². The van der Waals surface area contributed by atoms with Crippen molar-refractivity contribution in [2.45, 2.75) is 32.9 Å². The molecule has 102 valence electrons. The van der Waals surface area contributed by atoms with Crippen molar-refractivity contribution in [3.05, 3.63) is 47.0 Å². The van der Waals surface area contributed by atoms with Crippen LogP contribution >= 0.6 is 0 Å². The first-order valence-corrected chi connectivity index (χ1v) is 6.12. The van der Waals surface area contributed by atoms with Gasteiger partial charge in [-0.1, -0.05) is 19.1 Å². The molecule has 0 spiro atoms. The molecule has 0 saturated carbocycles. The molecule has 4 nitrogen and oxygen atoms in total. The van der Waals surface area contributed by atoms with Crippen molar-refractivity contribution in [1.29, 1.82) is 0 Å². The highest BCUT2D eigenvalue weighted by molar-refractivity contribution is 5.22. The predicted octanol–water partition coefficient (Wildman–Crippen LogP) is 2.05. The Kier molecular flexibility index (Phi) is 4.21. The number of benzene rings is 1. The molecule has 1 aromatic heterocycles. The molecule has 0 saturated heterocycles. The summed E-state index contributed by atoms with van der Waals surface area (Å²) in [7, 11) is 0. The molecule has 1 aromatic carbocycles. The number of halogens is 2. The van der Waals surface area contributed by atoms with Gasteiger partial charge in [0.05, 0.1) is 0 Å². The van der Waals surface area contributed by atoms with E-state index in [-0.39, 0.29) is 18.6 Å². The molecule has 0 unspecified atom stereocenters. The monoisotopic (exact) mass is 267 g/mol. The van der Waals surface area contributed by atoms with Gasteiger partial charge in [-0.3, -0.25) is 0 Å². The molecule has 0 aliphatic rings. The normalized spacial score (nSPS) is 10.9. The third kappa shape index (κ3) is 2.78. The molecule has 0 aliphatic heterocycles. The summed E-state index contributed by atoms with van der Waals surface area (Å²) in [4.78, 5) is 0. The van der Waals surface area contributed by atoms with Crippen molar-refractivity contribution in [3.63, 3.8) is 0 Å². The molecule has 0 bridgehead atoms. The quantitative estimate of drug-likeness (QED) is 0.902. The van der Waals surface area contributed by atoms with E-state index in [0.717, 1.165) is 12.5 Å². The highest BCUT2D eigenvalue weighted by Gasteiger charge is 2.14. The molecule has 19 heavy (non-hydrogen) atoms. The zero-order valence-corrected chi connectivity index (χ0v) is 10.6. The van der Waals surface area contributed by atoms with Gasteiger partial charge in [0.15, 0.2) is 17.5 Å². The first-order chi connectivity index (χ1) is 9.17. The van der Waals surface area contributed by atoms with E-state index in [1.165, 1.54) is 12.1 Å². The minimum absolute atomic E-state index is 0.149. The molecule has 1 heterocycles. The Labute approximate surface area is 109 Å². The highest BCUT2D eigenvalue weighted by Crippen LogP contribution is 2.16. The van der Waals surface area contributed by atoms with E-state index in [4.69, 9.17) is 5.11 Å². The second kappa shape index (κ2) is 5.88. The molecular formula is C13H15F2N3O. The molecule has 6 heteroatoms. The zero-order valence-electron chi connectivity index (χ0n) is 10.6. The Morgan fingerprint density at radius 1 is 1.21 bits per heavy atom. The van der Waals surface area contributed by atoms with Crippen LogP contribution in [0.25, 0.3) is 0 Å². The predicted molar refractivity (Wildman–Crippen MR) is 65.4 cm³/mol. The Morgan fingerprint density at radius 3 is 2.63 bits per heavy atom. The fraction of sp³-hybridized carbons (Fsp3) is 0.385. The maximum Gasteiger partial charge on any atom is 0.162 e. The van der Waals surface area contributed by atoms with Crippen LogP contribution in [0.3, 0.4) is 0 Å². The van der Waals surface area contributed by atoms with Gasteiger partial charge in [0.2, 0.25) is 0 Å². The van der Waals surface area contributed by atoms with E-state index in [0.29, 0.717) is 18.2 Å². The Morgan fingerprint density at radius 2 is 1.95 bits per heavy atom. The standard InChI is InChI=1S/C13H15F2N3O/c1-2-6-18-11(16-17-12(18)8-19)7-9-4-3-5-10(14)13(9)15/h3-5,19H,2,6-8H2,1H3. The molecule has 0 atom stereocenters. The van der Waals surface area contributed by atoms with Crippen LogP contribution in [0.2, 0.25) is 0 Å². The lowest BCUT2D eigenvalue weighted by molar-refractivity contribution is 0.264. The van der Waals surface area contributed by atoms with E-state index in [9.17, 15) is 8.78 Å². The van der Waals surface area contributed by atoms with Crippen molar-refractivity contribution in [2.75, 3.05) is 0 Å². The van der Waals surface area contributed by atoms with Crippen LogP contribution in [0.4, 0.5) is 8.78 Å². The number of aliphatic hydroxyl groups is 1. The average Bonchev–Trinajstić information content (AvgIpc) is 2.78. The topological polar surface area (TPSA) is 50.9 Å². The zero-order chi connectivity index (χ0) is 13.8. The summed E-state index contributed by atoms with van der Waals surface area (Å²) in [6.07, 6.45) is 0.986. The van der Waals surface area contributed by atoms with Gasteiger partial charge < -0.3 is 9.67 Å². The number of aliphatic hydroxyl groups excluding tert-OH is 1.